The number of allylic oxidation sites excluding steroid dienone is 2. The number of thiazole rings is 2. The zero-order chi connectivity index (χ0) is 35.2. The first kappa shape index (κ1) is 37.6. The van der Waals surface area contributed by atoms with Crippen LogP contribution in [0, 0.1) is 0 Å². The highest BCUT2D eigenvalue weighted by Crippen LogP contribution is 2.35. The third-order valence-corrected chi connectivity index (χ3v) is 12.0. The van der Waals surface area contributed by atoms with Gasteiger partial charge in [-0.25, -0.2) is 0 Å². The summed E-state index contributed by atoms with van der Waals surface area (Å²) in [4.78, 5) is 27.3. The molecule has 14 nitrogen and oxygen atoms in total. The smallest absolute Gasteiger partial charge is 0.323 e. The van der Waals surface area contributed by atoms with E-state index >= 15 is 0 Å². The SMILES string of the molecule is COc1cc2sc(C=c3sc(=C/C=C4/SC=C(C)N4CCCCS(=O)(=O)O)c(=O)n3CC(=O)O)[n+](CCCCS(=O)(=O)O)c2cc1OC. The van der Waals surface area contributed by atoms with E-state index in [4.69, 9.17) is 14.0 Å². The predicted molar refractivity (Wildman–Crippen MR) is 186 cm³/mol. The van der Waals surface area contributed by atoms with Gasteiger partial charge in [-0.15, -0.1) is 11.3 Å². The lowest BCUT2D eigenvalue weighted by molar-refractivity contribution is -0.669. The van der Waals surface area contributed by atoms with Crippen molar-refractivity contribution >= 4 is 83.0 Å². The molecule has 0 radical (unpaired) electrons. The predicted octanol–water partition coefficient (Wildman–Crippen LogP) is 2.21. The van der Waals surface area contributed by atoms with Crippen molar-refractivity contribution in [2.75, 3.05) is 32.3 Å². The molecule has 0 spiro atoms. The van der Waals surface area contributed by atoms with E-state index in [0.717, 1.165) is 32.3 Å². The molecule has 19 heteroatoms. The van der Waals surface area contributed by atoms with Crippen LogP contribution in [-0.2, 0) is 38.1 Å². The molecular weight excluding hydrogens is 727 g/mol. The van der Waals surface area contributed by atoms with Crippen molar-refractivity contribution in [3.05, 3.63) is 58.9 Å². The summed E-state index contributed by atoms with van der Waals surface area (Å²) in [5, 5.41) is 13.0. The average Bonchev–Trinajstić information content (AvgIpc) is 3.62. The average molecular weight is 763 g/mol. The molecule has 0 unspecified atom stereocenters. The van der Waals surface area contributed by atoms with Gasteiger partial charge in [-0.1, -0.05) is 23.1 Å². The van der Waals surface area contributed by atoms with E-state index in [-0.39, 0.29) is 24.3 Å². The molecule has 48 heavy (non-hydrogen) atoms. The fourth-order valence-electron chi connectivity index (χ4n) is 4.93. The Labute approximate surface area is 289 Å². The number of fused-ring (bicyclic) bond motifs is 1. The highest BCUT2D eigenvalue weighted by Gasteiger charge is 2.23. The molecule has 1 aromatic carbocycles. The molecular formula is C29H36N3O11S5+. The van der Waals surface area contributed by atoms with Gasteiger partial charge in [0.2, 0.25) is 5.52 Å². The van der Waals surface area contributed by atoms with E-state index in [1.54, 1.807) is 30.4 Å². The van der Waals surface area contributed by atoms with Gasteiger partial charge in [0.05, 0.1) is 47.4 Å². The number of aromatic nitrogens is 2. The van der Waals surface area contributed by atoms with Crippen molar-refractivity contribution in [2.45, 2.75) is 45.7 Å². The lowest BCUT2D eigenvalue weighted by Crippen LogP contribution is -2.37. The van der Waals surface area contributed by atoms with Gasteiger partial charge in [0.15, 0.2) is 18.0 Å². The summed E-state index contributed by atoms with van der Waals surface area (Å²) < 4.78 is 78.4. The molecule has 1 aliphatic heterocycles. The number of aryl methyl sites for hydroxylation is 1. The molecule has 0 saturated carbocycles. The number of nitrogens with zero attached hydrogens (tertiary/aromatic N) is 3. The van der Waals surface area contributed by atoms with Crippen LogP contribution in [0.1, 0.15) is 37.6 Å². The van der Waals surface area contributed by atoms with E-state index in [9.17, 15) is 36.1 Å². The quantitative estimate of drug-likeness (QED) is 0.109. The van der Waals surface area contributed by atoms with Crippen LogP contribution in [0.4, 0.5) is 0 Å². The highest BCUT2D eigenvalue weighted by molar-refractivity contribution is 8.06. The van der Waals surface area contributed by atoms with Gasteiger partial charge in [0.25, 0.3) is 30.8 Å². The number of ether oxygens (including phenoxy) is 2. The molecule has 0 saturated heterocycles. The Hall–Kier alpha value is -3.20. The van der Waals surface area contributed by atoms with Crippen LogP contribution < -0.4 is 28.8 Å². The van der Waals surface area contributed by atoms with Gasteiger partial charge >= 0.3 is 5.97 Å². The van der Waals surface area contributed by atoms with Crippen molar-refractivity contribution in [1.29, 1.82) is 0 Å². The van der Waals surface area contributed by atoms with Crippen LogP contribution in [0.5, 0.6) is 11.5 Å². The van der Waals surface area contributed by atoms with Crippen LogP contribution in [0.3, 0.4) is 0 Å². The van der Waals surface area contributed by atoms with Gasteiger partial charge in [0.1, 0.15) is 15.9 Å². The number of carbonyl (C=O) groups is 1. The van der Waals surface area contributed by atoms with Gasteiger partial charge < -0.3 is 19.5 Å². The lowest BCUT2D eigenvalue weighted by Gasteiger charge is -2.21. The fraction of sp³-hybridized carbons (Fsp3) is 0.414. The number of hydrogen-bond donors (Lipinski definition) is 3. The van der Waals surface area contributed by atoms with Gasteiger partial charge in [0, 0.05) is 24.7 Å². The van der Waals surface area contributed by atoms with Crippen LogP contribution in [0.2, 0.25) is 0 Å². The molecule has 0 aliphatic carbocycles. The minimum atomic E-state index is -4.13. The van der Waals surface area contributed by atoms with Crippen molar-refractivity contribution in [3.63, 3.8) is 0 Å². The zero-order valence-corrected chi connectivity index (χ0v) is 30.4. The summed E-state index contributed by atoms with van der Waals surface area (Å²) in [5.41, 5.74) is 1.21. The molecule has 0 bridgehead atoms. The molecule has 0 amide bonds. The maximum atomic E-state index is 13.5. The standard InChI is InChI=1S/C29H35N3O11S5/c1-19-18-44-25(30(19)10-4-6-12-47(36,37)38)9-8-23-29(35)32(17-28(33)34)27(45-23)16-26-31(11-5-7-13-48(39,40)41)20-14-21(42-2)22(43-3)15-24(20)46-26/h8-9,14-16,18H,4-7,10-13,17H2,1-3H3,(H2-,33,34,36,37,38,39,40,41)/p+1/b23-8?,25-9+. The second-order valence-corrected chi connectivity index (χ2v) is 16.8. The molecule has 2 aromatic heterocycles. The Morgan fingerprint density at radius 1 is 0.958 bits per heavy atom. The number of rotatable bonds is 16. The van der Waals surface area contributed by atoms with E-state index in [1.165, 1.54) is 41.9 Å². The Balaban J connectivity index is 1.77. The highest BCUT2D eigenvalue weighted by atomic mass is 32.2. The summed E-state index contributed by atoms with van der Waals surface area (Å²) in [5.74, 6) is -0.932. The van der Waals surface area contributed by atoms with E-state index in [2.05, 4.69) is 0 Å². The number of benzene rings is 1. The second-order valence-electron chi connectivity index (χ2n) is 10.7. The van der Waals surface area contributed by atoms with Crippen molar-refractivity contribution in [3.8, 4) is 11.5 Å². The van der Waals surface area contributed by atoms with Gasteiger partial charge in [-0.05, 0) is 43.7 Å². The number of hydrogen-bond acceptors (Lipinski definition) is 12. The zero-order valence-electron chi connectivity index (χ0n) is 26.3. The summed E-state index contributed by atoms with van der Waals surface area (Å²) in [6.45, 7) is 2.20. The molecule has 4 rings (SSSR count). The molecule has 262 valence electrons. The van der Waals surface area contributed by atoms with E-state index < -0.39 is 38.3 Å². The monoisotopic (exact) mass is 762 g/mol. The third-order valence-electron chi connectivity index (χ3n) is 7.20. The van der Waals surface area contributed by atoms with E-state index in [0.29, 0.717) is 51.6 Å². The number of thioether (sulfide) groups is 1. The first-order chi connectivity index (χ1) is 22.6. The molecule has 1 aliphatic rings. The van der Waals surface area contributed by atoms with Crippen LogP contribution in [0.15, 0.2) is 39.1 Å². The largest absolute Gasteiger partial charge is 0.493 e. The van der Waals surface area contributed by atoms with Crippen LogP contribution in [0.25, 0.3) is 22.4 Å². The minimum absolute atomic E-state index is 0.205. The van der Waals surface area contributed by atoms with Crippen molar-refractivity contribution in [2.24, 2.45) is 0 Å². The number of carboxylic acid groups (broad SMARTS) is 1. The molecule has 3 aromatic rings. The fourth-order valence-corrected chi connectivity index (χ4v) is 9.20. The number of aliphatic carboxylic acids is 1. The minimum Gasteiger partial charge on any atom is -0.493 e. The number of unbranched alkanes of at least 4 members (excludes halogenated alkanes) is 2. The summed E-state index contributed by atoms with van der Waals surface area (Å²) in [6, 6.07) is 3.59. The first-order valence-electron chi connectivity index (χ1n) is 14.5. The van der Waals surface area contributed by atoms with Gasteiger partial charge in [-0.3, -0.25) is 23.3 Å². The van der Waals surface area contributed by atoms with Crippen molar-refractivity contribution < 1.29 is 49.9 Å². The molecule has 3 N–H and O–H groups in total. The number of methoxy groups -OCH3 is 2. The van der Waals surface area contributed by atoms with Crippen LogP contribution in [-0.4, -0.2) is 78.8 Å². The molecule has 0 fully saturated rings. The third kappa shape index (κ3) is 9.93. The summed E-state index contributed by atoms with van der Waals surface area (Å²) in [7, 11) is -5.14. The normalized spacial score (nSPS) is 15.6. The molecule has 0 atom stereocenters. The molecule has 3 heterocycles. The summed E-state index contributed by atoms with van der Waals surface area (Å²) >= 11 is 3.93. The maximum absolute atomic E-state index is 13.5. The maximum Gasteiger partial charge on any atom is 0.323 e. The van der Waals surface area contributed by atoms with Crippen molar-refractivity contribution in [1.82, 2.24) is 9.47 Å². The van der Waals surface area contributed by atoms with Gasteiger partial charge in [-0.2, -0.15) is 21.4 Å². The number of carboxylic acids is 1. The Morgan fingerprint density at radius 2 is 1.60 bits per heavy atom. The summed E-state index contributed by atoms with van der Waals surface area (Å²) in [6.07, 6.45) is 6.52. The lowest BCUT2D eigenvalue weighted by atomic mass is 10.2. The second kappa shape index (κ2) is 16.0. The first-order valence-corrected chi connectivity index (χ1v) is 20.3. The van der Waals surface area contributed by atoms with E-state index in [1.807, 2.05) is 21.8 Å². The Kier molecular flexibility index (Phi) is 12.5. The Bertz CT molecular complexity index is 2150. The Morgan fingerprint density at radius 3 is 2.23 bits per heavy atom. The van der Waals surface area contributed by atoms with Crippen LogP contribution >= 0.6 is 34.4 Å². The topological polar surface area (TPSA) is 194 Å².